The van der Waals surface area contributed by atoms with Crippen LogP contribution in [0.15, 0.2) is 36.7 Å². The molecule has 1 aromatic carbocycles. The summed E-state index contributed by atoms with van der Waals surface area (Å²) in [6.07, 6.45) is 4.64. The van der Waals surface area contributed by atoms with Gasteiger partial charge in [-0.2, -0.15) is 0 Å². The first-order valence-electron chi connectivity index (χ1n) is 5.44. The highest BCUT2D eigenvalue weighted by Gasteiger charge is 2.19. The second-order valence-corrected chi connectivity index (χ2v) is 3.88. The maximum atomic E-state index is 11.5. The highest BCUT2D eigenvalue weighted by atomic mass is 16.5. The quantitative estimate of drug-likeness (QED) is 0.789. The highest BCUT2D eigenvalue weighted by Crippen LogP contribution is 2.27. The van der Waals surface area contributed by atoms with Crippen LogP contribution in [0.5, 0.6) is 11.8 Å². The molecule has 0 N–H and O–H groups in total. The van der Waals surface area contributed by atoms with Crippen LogP contribution in [0.25, 0.3) is 0 Å². The molecule has 1 aliphatic carbocycles. The molecule has 3 rings (SSSR count). The van der Waals surface area contributed by atoms with E-state index < -0.39 is 0 Å². The number of carbonyl (C=O) groups excluding carboxylic acids is 1. The van der Waals surface area contributed by atoms with Gasteiger partial charge < -0.3 is 4.74 Å². The van der Waals surface area contributed by atoms with Gasteiger partial charge >= 0.3 is 6.01 Å². The molecule has 0 saturated heterocycles. The first kappa shape index (κ1) is 9.96. The normalized spacial score (nSPS) is 13.5. The lowest BCUT2D eigenvalue weighted by molar-refractivity contribution is 0.0994. The van der Waals surface area contributed by atoms with Crippen LogP contribution >= 0.6 is 0 Å². The standard InChI is InChI=1S/C13H10N2O2/c16-12-5-2-9-8-10(3-4-11(9)12)17-13-14-6-1-7-15-13/h1,3-4,6-8H,2,5H2. The van der Waals surface area contributed by atoms with Gasteiger partial charge in [-0.3, -0.25) is 4.79 Å². The summed E-state index contributed by atoms with van der Waals surface area (Å²) in [4.78, 5) is 19.4. The van der Waals surface area contributed by atoms with Gasteiger partial charge in [0, 0.05) is 24.4 Å². The molecule has 4 nitrogen and oxygen atoms in total. The van der Waals surface area contributed by atoms with Crippen LogP contribution < -0.4 is 4.74 Å². The van der Waals surface area contributed by atoms with Crippen LogP contribution in [0.2, 0.25) is 0 Å². The van der Waals surface area contributed by atoms with E-state index in [0.29, 0.717) is 18.2 Å². The van der Waals surface area contributed by atoms with Crippen molar-refractivity contribution in [3.8, 4) is 11.8 Å². The van der Waals surface area contributed by atoms with E-state index in [-0.39, 0.29) is 5.78 Å². The number of fused-ring (bicyclic) bond motifs is 1. The van der Waals surface area contributed by atoms with Gasteiger partial charge in [-0.15, -0.1) is 0 Å². The Morgan fingerprint density at radius 1 is 1.12 bits per heavy atom. The summed E-state index contributed by atoms with van der Waals surface area (Å²) >= 11 is 0. The Morgan fingerprint density at radius 3 is 2.76 bits per heavy atom. The molecule has 0 bridgehead atoms. The van der Waals surface area contributed by atoms with Crippen LogP contribution in [0.3, 0.4) is 0 Å². The van der Waals surface area contributed by atoms with Gasteiger partial charge in [0.15, 0.2) is 5.78 Å². The fourth-order valence-corrected chi connectivity index (χ4v) is 1.94. The minimum atomic E-state index is 0.211. The Bertz CT molecular complexity index is 567. The van der Waals surface area contributed by atoms with Gasteiger partial charge in [0.05, 0.1) is 0 Å². The average Bonchev–Trinajstić information content (AvgIpc) is 2.72. The summed E-state index contributed by atoms with van der Waals surface area (Å²) in [5, 5.41) is 0. The number of aromatic nitrogens is 2. The molecule has 0 saturated carbocycles. The molecule has 1 heterocycles. The zero-order chi connectivity index (χ0) is 11.7. The molecular weight excluding hydrogens is 216 g/mol. The van der Waals surface area contributed by atoms with Crippen molar-refractivity contribution in [1.29, 1.82) is 0 Å². The molecule has 0 unspecified atom stereocenters. The molecule has 4 heteroatoms. The van der Waals surface area contributed by atoms with E-state index in [2.05, 4.69) is 9.97 Å². The van der Waals surface area contributed by atoms with Crippen molar-refractivity contribution in [2.24, 2.45) is 0 Å². The molecule has 0 amide bonds. The lowest BCUT2D eigenvalue weighted by Gasteiger charge is -2.04. The van der Waals surface area contributed by atoms with Gasteiger partial charge in [0.1, 0.15) is 5.75 Å². The molecular formula is C13H10N2O2. The predicted octanol–water partition coefficient (Wildman–Crippen LogP) is 2.40. The molecule has 84 valence electrons. The van der Waals surface area contributed by atoms with Crippen LogP contribution in [0, 0.1) is 0 Å². The Labute approximate surface area is 98.3 Å². The van der Waals surface area contributed by atoms with E-state index in [1.807, 2.05) is 12.1 Å². The topological polar surface area (TPSA) is 52.1 Å². The van der Waals surface area contributed by atoms with Crippen molar-refractivity contribution in [3.63, 3.8) is 0 Å². The summed E-state index contributed by atoms with van der Waals surface area (Å²) in [7, 11) is 0. The van der Waals surface area contributed by atoms with E-state index >= 15 is 0 Å². The monoisotopic (exact) mass is 226 g/mol. The average molecular weight is 226 g/mol. The van der Waals surface area contributed by atoms with E-state index in [9.17, 15) is 4.79 Å². The second kappa shape index (κ2) is 3.97. The van der Waals surface area contributed by atoms with Crippen molar-refractivity contribution >= 4 is 5.78 Å². The Hall–Kier alpha value is -2.23. The maximum absolute atomic E-state index is 11.5. The SMILES string of the molecule is O=C1CCc2cc(Oc3ncccn3)ccc21. The smallest absolute Gasteiger partial charge is 0.321 e. The fourth-order valence-electron chi connectivity index (χ4n) is 1.94. The zero-order valence-electron chi connectivity index (χ0n) is 9.09. The van der Waals surface area contributed by atoms with Crippen LogP contribution in [-0.4, -0.2) is 15.8 Å². The molecule has 2 aromatic rings. The molecule has 0 aliphatic heterocycles. The van der Waals surface area contributed by atoms with Crippen LogP contribution in [0.1, 0.15) is 22.3 Å². The van der Waals surface area contributed by atoms with Crippen molar-refractivity contribution in [3.05, 3.63) is 47.8 Å². The first-order valence-corrected chi connectivity index (χ1v) is 5.44. The Morgan fingerprint density at radius 2 is 1.94 bits per heavy atom. The number of nitrogens with zero attached hydrogens (tertiary/aromatic N) is 2. The third-order valence-electron chi connectivity index (χ3n) is 2.75. The summed E-state index contributed by atoms with van der Waals surface area (Å²) in [6.45, 7) is 0. The fraction of sp³-hybridized carbons (Fsp3) is 0.154. The van der Waals surface area contributed by atoms with Crippen molar-refractivity contribution in [1.82, 2.24) is 9.97 Å². The first-order chi connectivity index (χ1) is 8.33. The minimum Gasteiger partial charge on any atom is -0.424 e. The van der Waals surface area contributed by atoms with E-state index in [4.69, 9.17) is 4.74 Å². The van der Waals surface area contributed by atoms with Crippen LogP contribution in [-0.2, 0) is 6.42 Å². The largest absolute Gasteiger partial charge is 0.424 e. The Balaban J connectivity index is 1.88. The predicted molar refractivity (Wildman–Crippen MR) is 61.2 cm³/mol. The van der Waals surface area contributed by atoms with Gasteiger partial charge in [-0.1, -0.05) is 0 Å². The third kappa shape index (κ3) is 1.89. The lowest BCUT2D eigenvalue weighted by atomic mass is 10.1. The number of hydrogen-bond acceptors (Lipinski definition) is 4. The number of benzene rings is 1. The maximum Gasteiger partial charge on any atom is 0.321 e. The van der Waals surface area contributed by atoms with Crippen molar-refractivity contribution < 1.29 is 9.53 Å². The summed E-state index contributed by atoms with van der Waals surface area (Å²) < 4.78 is 5.51. The minimum absolute atomic E-state index is 0.211. The molecule has 17 heavy (non-hydrogen) atoms. The van der Waals surface area contributed by atoms with E-state index in [1.54, 1.807) is 24.5 Å². The number of rotatable bonds is 2. The number of ether oxygens (including phenoxy) is 1. The highest BCUT2D eigenvalue weighted by molar-refractivity contribution is 6.00. The molecule has 1 aromatic heterocycles. The number of carbonyl (C=O) groups is 1. The summed E-state index contributed by atoms with van der Waals surface area (Å²) in [5.41, 5.74) is 1.86. The summed E-state index contributed by atoms with van der Waals surface area (Å²) in [6, 6.07) is 7.52. The molecule has 1 aliphatic rings. The number of aryl methyl sites for hydroxylation is 1. The number of ketones is 1. The lowest BCUT2D eigenvalue weighted by Crippen LogP contribution is -1.93. The molecule has 0 radical (unpaired) electrons. The number of Topliss-reactive ketones (excluding diaryl/α,β-unsaturated/α-hetero) is 1. The molecule has 0 fully saturated rings. The van der Waals surface area contributed by atoms with Gasteiger partial charge in [-0.05, 0) is 36.2 Å². The second-order valence-electron chi connectivity index (χ2n) is 3.88. The van der Waals surface area contributed by atoms with Gasteiger partial charge in [-0.25, -0.2) is 9.97 Å². The molecule has 0 atom stereocenters. The van der Waals surface area contributed by atoms with E-state index in [0.717, 1.165) is 17.5 Å². The molecule has 0 spiro atoms. The van der Waals surface area contributed by atoms with Crippen molar-refractivity contribution in [2.45, 2.75) is 12.8 Å². The third-order valence-corrected chi connectivity index (χ3v) is 2.75. The van der Waals surface area contributed by atoms with Gasteiger partial charge in [0.25, 0.3) is 0 Å². The summed E-state index contributed by atoms with van der Waals surface area (Å²) in [5.74, 6) is 0.882. The van der Waals surface area contributed by atoms with Gasteiger partial charge in [0.2, 0.25) is 0 Å². The zero-order valence-corrected chi connectivity index (χ0v) is 9.09. The number of hydrogen-bond donors (Lipinski definition) is 0. The van der Waals surface area contributed by atoms with Crippen molar-refractivity contribution in [2.75, 3.05) is 0 Å². The Kier molecular flexibility index (Phi) is 2.33. The van der Waals surface area contributed by atoms with E-state index in [1.165, 1.54) is 0 Å². The van der Waals surface area contributed by atoms with Crippen LogP contribution in [0.4, 0.5) is 0 Å².